The van der Waals surface area contributed by atoms with Crippen molar-refractivity contribution in [3.63, 3.8) is 0 Å². The normalized spacial score (nSPS) is 12.2. The second kappa shape index (κ2) is 6.13. The predicted molar refractivity (Wildman–Crippen MR) is 87.7 cm³/mol. The van der Waals surface area contributed by atoms with Crippen molar-refractivity contribution in [2.24, 2.45) is 0 Å². The number of hydrogen-bond acceptors (Lipinski definition) is 1. The summed E-state index contributed by atoms with van der Waals surface area (Å²) in [6.45, 7) is 2.10. The van der Waals surface area contributed by atoms with Crippen LogP contribution in [0, 0.1) is 3.57 Å². The van der Waals surface area contributed by atoms with E-state index in [9.17, 15) is 0 Å². The highest BCUT2D eigenvalue weighted by Gasteiger charge is 2.07. The topological polar surface area (TPSA) is 12.0 Å². The predicted octanol–water partition coefficient (Wildman–Crippen LogP) is 5.77. The van der Waals surface area contributed by atoms with Crippen LogP contribution in [0.2, 0.25) is 10.0 Å². The Morgan fingerprint density at radius 3 is 2.33 bits per heavy atom. The van der Waals surface area contributed by atoms with E-state index in [2.05, 4.69) is 59.1 Å². The molecule has 0 aliphatic heterocycles. The fourth-order valence-electron chi connectivity index (χ4n) is 1.67. The van der Waals surface area contributed by atoms with Crippen LogP contribution in [0.25, 0.3) is 0 Å². The first-order valence-electron chi connectivity index (χ1n) is 5.53. The van der Waals surface area contributed by atoms with Crippen molar-refractivity contribution in [1.82, 2.24) is 0 Å². The molecule has 2 rings (SSSR count). The summed E-state index contributed by atoms with van der Waals surface area (Å²) < 4.78 is 1.23. The zero-order chi connectivity index (χ0) is 13.1. The van der Waals surface area contributed by atoms with Gasteiger partial charge in [-0.3, -0.25) is 0 Å². The lowest BCUT2D eigenvalue weighted by molar-refractivity contribution is 0.884. The lowest BCUT2D eigenvalue weighted by atomic mass is 10.1. The van der Waals surface area contributed by atoms with E-state index in [1.807, 2.05) is 12.1 Å². The van der Waals surface area contributed by atoms with E-state index in [-0.39, 0.29) is 6.04 Å². The van der Waals surface area contributed by atoms with Crippen LogP contribution in [0.1, 0.15) is 18.5 Å². The fraction of sp³-hybridized carbons (Fsp3) is 0.143. The molecule has 4 heteroatoms. The van der Waals surface area contributed by atoms with Gasteiger partial charge in [0.05, 0.1) is 10.7 Å². The SMILES string of the molecule is CC(Nc1ccc(Cl)cc1Cl)c1ccc(I)cc1. The third-order valence-electron chi connectivity index (χ3n) is 2.67. The zero-order valence-electron chi connectivity index (χ0n) is 9.75. The number of anilines is 1. The minimum atomic E-state index is 0.195. The fourth-order valence-corrected chi connectivity index (χ4v) is 2.50. The van der Waals surface area contributed by atoms with Crippen LogP contribution in [0.5, 0.6) is 0 Å². The van der Waals surface area contributed by atoms with Crippen LogP contribution >= 0.6 is 45.8 Å². The average molecular weight is 392 g/mol. The number of nitrogens with one attached hydrogen (secondary N) is 1. The Hall–Kier alpha value is -0.450. The molecule has 0 saturated heterocycles. The van der Waals surface area contributed by atoms with Crippen LogP contribution in [0.4, 0.5) is 5.69 Å². The minimum Gasteiger partial charge on any atom is -0.377 e. The summed E-state index contributed by atoms with van der Waals surface area (Å²) in [5.41, 5.74) is 2.12. The molecule has 1 nitrogen and oxygen atoms in total. The first kappa shape index (κ1) is 14.0. The van der Waals surface area contributed by atoms with Crippen molar-refractivity contribution in [1.29, 1.82) is 0 Å². The largest absolute Gasteiger partial charge is 0.377 e. The molecule has 1 N–H and O–H groups in total. The number of rotatable bonds is 3. The van der Waals surface area contributed by atoms with E-state index < -0.39 is 0 Å². The lowest BCUT2D eigenvalue weighted by Crippen LogP contribution is -2.06. The molecule has 0 fully saturated rings. The van der Waals surface area contributed by atoms with Gasteiger partial charge in [-0.05, 0) is 65.4 Å². The number of halogens is 3. The zero-order valence-corrected chi connectivity index (χ0v) is 13.4. The summed E-state index contributed by atoms with van der Waals surface area (Å²) in [5, 5.41) is 4.66. The van der Waals surface area contributed by atoms with Gasteiger partial charge in [0.25, 0.3) is 0 Å². The Bertz CT molecular complexity index is 540. The molecular weight excluding hydrogens is 380 g/mol. The maximum Gasteiger partial charge on any atom is 0.0652 e. The van der Waals surface area contributed by atoms with Gasteiger partial charge < -0.3 is 5.32 Å². The van der Waals surface area contributed by atoms with Crippen molar-refractivity contribution in [3.8, 4) is 0 Å². The van der Waals surface area contributed by atoms with Gasteiger partial charge in [0.2, 0.25) is 0 Å². The molecule has 18 heavy (non-hydrogen) atoms. The van der Waals surface area contributed by atoms with Gasteiger partial charge >= 0.3 is 0 Å². The third-order valence-corrected chi connectivity index (χ3v) is 3.94. The molecule has 0 saturated carbocycles. The Morgan fingerprint density at radius 1 is 1.06 bits per heavy atom. The Labute approximate surface area is 131 Å². The minimum absolute atomic E-state index is 0.195. The summed E-state index contributed by atoms with van der Waals surface area (Å²) in [6, 6.07) is 14.1. The van der Waals surface area contributed by atoms with E-state index in [1.54, 1.807) is 6.07 Å². The monoisotopic (exact) mass is 391 g/mol. The van der Waals surface area contributed by atoms with Crippen molar-refractivity contribution in [3.05, 3.63) is 61.6 Å². The molecule has 0 aliphatic carbocycles. The number of benzene rings is 2. The molecule has 0 aromatic heterocycles. The number of hydrogen-bond donors (Lipinski definition) is 1. The molecule has 2 aromatic rings. The molecule has 2 aromatic carbocycles. The summed E-state index contributed by atoms with van der Waals surface area (Å²) in [6.07, 6.45) is 0. The molecule has 94 valence electrons. The lowest BCUT2D eigenvalue weighted by Gasteiger charge is -2.17. The average Bonchev–Trinajstić information content (AvgIpc) is 2.33. The highest BCUT2D eigenvalue weighted by molar-refractivity contribution is 14.1. The molecule has 0 spiro atoms. The maximum atomic E-state index is 6.14. The van der Waals surface area contributed by atoms with Gasteiger partial charge in [-0.15, -0.1) is 0 Å². The standard InChI is InChI=1S/C14H12Cl2IN/c1-9(10-2-5-12(17)6-3-10)18-14-7-4-11(15)8-13(14)16/h2-9,18H,1H3. The first-order valence-corrected chi connectivity index (χ1v) is 7.37. The summed E-state index contributed by atoms with van der Waals surface area (Å²) >= 11 is 14.3. The highest BCUT2D eigenvalue weighted by atomic mass is 127. The van der Waals surface area contributed by atoms with Crippen LogP contribution in [-0.4, -0.2) is 0 Å². The van der Waals surface area contributed by atoms with Crippen molar-refractivity contribution >= 4 is 51.5 Å². The van der Waals surface area contributed by atoms with Gasteiger partial charge in [-0.25, -0.2) is 0 Å². The van der Waals surface area contributed by atoms with Gasteiger partial charge in [0, 0.05) is 14.6 Å². The van der Waals surface area contributed by atoms with Crippen molar-refractivity contribution < 1.29 is 0 Å². The molecule has 0 heterocycles. The second-order valence-corrected chi connectivity index (χ2v) is 6.13. The summed E-state index contributed by atoms with van der Waals surface area (Å²) in [7, 11) is 0. The Morgan fingerprint density at radius 2 is 1.72 bits per heavy atom. The Balaban J connectivity index is 2.15. The molecular formula is C14H12Cl2IN. The second-order valence-electron chi connectivity index (χ2n) is 4.04. The van der Waals surface area contributed by atoms with Gasteiger partial charge in [0.15, 0.2) is 0 Å². The van der Waals surface area contributed by atoms with Crippen molar-refractivity contribution in [2.45, 2.75) is 13.0 Å². The van der Waals surface area contributed by atoms with E-state index in [1.165, 1.54) is 9.13 Å². The van der Waals surface area contributed by atoms with E-state index in [0.717, 1.165) is 5.69 Å². The van der Waals surface area contributed by atoms with Crippen molar-refractivity contribution in [2.75, 3.05) is 5.32 Å². The van der Waals surface area contributed by atoms with Gasteiger partial charge in [0.1, 0.15) is 0 Å². The van der Waals surface area contributed by atoms with E-state index in [0.29, 0.717) is 10.0 Å². The molecule has 1 unspecified atom stereocenters. The van der Waals surface area contributed by atoms with Gasteiger partial charge in [-0.1, -0.05) is 35.3 Å². The van der Waals surface area contributed by atoms with Crippen LogP contribution in [-0.2, 0) is 0 Å². The molecule has 1 atom stereocenters. The van der Waals surface area contributed by atoms with E-state index in [4.69, 9.17) is 23.2 Å². The van der Waals surface area contributed by atoms with Crippen LogP contribution in [0.3, 0.4) is 0 Å². The van der Waals surface area contributed by atoms with Gasteiger partial charge in [-0.2, -0.15) is 0 Å². The van der Waals surface area contributed by atoms with Crippen LogP contribution in [0.15, 0.2) is 42.5 Å². The molecule has 0 radical (unpaired) electrons. The molecule has 0 amide bonds. The maximum absolute atomic E-state index is 6.14. The van der Waals surface area contributed by atoms with Crippen LogP contribution < -0.4 is 5.32 Å². The smallest absolute Gasteiger partial charge is 0.0652 e. The molecule has 0 bridgehead atoms. The first-order chi connectivity index (χ1) is 8.56. The molecule has 0 aliphatic rings. The third kappa shape index (κ3) is 3.53. The van der Waals surface area contributed by atoms with E-state index >= 15 is 0 Å². The quantitative estimate of drug-likeness (QED) is 0.654. The Kier molecular flexibility index (Phi) is 4.76. The highest BCUT2D eigenvalue weighted by Crippen LogP contribution is 2.28. The summed E-state index contributed by atoms with van der Waals surface area (Å²) in [4.78, 5) is 0. The summed E-state index contributed by atoms with van der Waals surface area (Å²) in [5.74, 6) is 0.